The number of benzene rings is 2. The Bertz CT molecular complexity index is 832. The third kappa shape index (κ3) is 4.90. The van der Waals surface area contributed by atoms with Gasteiger partial charge in [0.15, 0.2) is 5.11 Å². The van der Waals surface area contributed by atoms with Crippen LogP contribution in [0.25, 0.3) is 0 Å². The summed E-state index contributed by atoms with van der Waals surface area (Å²) in [7, 11) is 0. The Morgan fingerprint density at radius 3 is 2.36 bits per heavy atom. The lowest BCUT2D eigenvalue weighted by atomic mass is 9.84. The van der Waals surface area contributed by atoms with E-state index in [1.807, 2.05) is 24.3 Å². The van der Waals surface area contributed by atoms with Crippen LogP contribution in [0.1, 0.15) is 35.7 Å². The van der Waals surface area contributed by atoms with Crippen molar-refractivity contribution in [3.05, 3.63) is 64.1 Å². The monoisotopic (exact) mass is 462 g/mol. The number of rotatable bonds is 4. The highest BCUT2D eigenvalue weighted by molar-refractivity contribution is 9.10. The van der Waals surface area contributed by atoms with Crippen molar-refractivity contribution in [3.63, 3.8) is 0 Å². The number of hydrogen-bond acceptors (Lipinski definition) is 4. The number of anilines is 1. The summed E-state index contributed by atoms with van der Waals surface area (Å²) in [6, 6.07) is 14.9. The summed E-state index contributed by atoms with van der Waals surface area (Å²) in [6.07, 6.45) is 1.22. The number of halogens is 1. The quantitative estimate of drug-likeness (QED) is 0.521. The first-order valence-corrected chi connectivity index (χ1v) is 10.4. The maximum Gasteiger partial charge on any atom is 0.338 e. The van der Waals surface area contributed by atoms with Gasteiger partial charge in [0.2, 0.25) is 0 Å². The molecule has 5 nitrogen and oxygen atoms in total. The largest absolute Gasteiger partial charge is 0.462 e. The first-order chi connectivity index (χ1) is 13.4. The minimum atomic E-state index is -0.825. The zero-order chi connectivity index (χ0) is 20.1. The van der Waals surface area contributed by atoms with Crippen molar-refractivity contribution in [3.8, 4) is 0 Å². The van der Waals surface area contributed by atoms with Crippen molar-refractivity contribution in [1.82, 2.24) is 4.90 Å². The van der Waals surface area contributed by atoms with Gasteiger partial charge in [0.25, 0.3) is 0 Å². The maximum atomic E-state index is 11.7. The molecule has 2 aromatic rings. The third-order valence-electron chi connectivity index (χ3n) is 4.91. The first-order valence-electron chi connectivity index (χ1n) is 9.23. The van der Waals surface area contributed by atoms with Crippen molar-refractivity contribution in [1.29, 1.82) is 0 Å². The zero-order valence-electron chi connectivity index (χ0n) is 15.7. The summed E-state index contributed by atoms with van der Waals surface area (Å²) < 4.78 is 5.98. The number of thiocarbonyl (C=S) groups is 1. The summed E-state index contributed by atoms with van der Waals surface area (Å²) in [5.74, 6) is -0.333. The molecule has 1 heterocycles. The van der Waals surface area contributed by atoms with E-state index >= 15 is 0 Å². The Kier molecular flexibility index (Phi) is 6.69. The molecule has 1 aliphatic heterocycles. The number of carbonyl (C=O) groups is 1. The summed E-state index contributed by atoms with van der Waals surface area (Å²) >= 11 is 8.95. The van der Waals surface area contributed by atoms with Crippen LogP contribution in [0, 0.1) is 0 Å². The highest BCUT2D eigenvalue weighted by atomic mass is 79.9. The predicted octanol–water partition coefficient (Wildman–Crippen LogP) is 4.31. The molecule has 0 spiro atoms. The van der Waals surface area contributed by atoms with Gasteiger partial charge in [0.05, 0.1) is 17.8 Å². The second kappa shape index (κ2) is 9.03. The molecule has 0 atom stereocenters. The summed E-state index contributed by atoms with van der Waals surface area (Å²) in [4.78, 5) is 13.8. The molecule has 148 valence electrons. The molecule has 1 fully saturated rings. The van der Waals surface area contributed by atoms with Crippen molar-refractivity contribution in [2.75, 3.05) is 25.0 Å². The van der Waals surface area contributed by atoms with Crippen molar-refractivity contribution < 1.29 is 14.6 Å². The molecule has 3 rings (SSSR count). The molecule has 0 amide bonds. The van der Waals surface area contributed by atoms with Gasteiger partial charge in [-0.15, -0.1) is 0 Å². The smallest absolute Gasteiger partial charge is 0.338 e. The fourth-order valence-electron chi connectivity index (χ4n) is 3.24. The van der Waals surface area contributed by atoms with E-state index in [0.717, 1.165) is 15.7 Å². The molecule has 0 unspecified atom stereocenters. The van der Waals surface area contributed by atoms with Gasteiger partial charge in [0.1, 0.15) is 0 Å². The fourth-order valence-corrected chi connectivity index (χ4v) is 3.80. The van der Waals surface area contributed by atoms with Crippen molar-refractivity contribution in [2.24, 2.45) is 0 Å². The van der Waals surface area contributed by atoms with Crippen LogP contribution in [0.5, 0.6) is 0 Å². The van der Waals surface area contributed by atoms with Crippen molar-refractivity contribution in [2.45, 2.75) is 25.4 Å². The van der Waals surface area contributed by atoms with E-state index in [-0.39, 0.29) is 5.97 Å². The lowest BCUT2D eigenvalue weighted by Gasteiger charge is -2.39. The molecule has 0 saturated carbocycles. The molecule has 7 heteroatoms. The molecular weight excluding hydrogens is 440 g/mol. The van der Waals surface area contributed by atoms with Gasteiger partial charge in [-0.3, -0.25) is 0 Å². The number of ether oxygens (including phenoxy) is 1. The lowest BCUT2D eigenvalue weighted by Crippen LogP contribution is -2.46. The van der Waals surface area contributed by atoms with E-state index in [9.17, 15) is 9.90 Å². The van der Waals surface area contributed by atoms with E-state index in [1.165, 1.54) is 0 Å². The molecule has 2 N–H and O–H groups in total. The Hall–Kier alpha value is -1.96. The number of likely N-dealkylation sites (tertiary alicyclic amines) is 1. The number of hydrogen-bond donors (Lipinski definition) is 2. The summed E-state index contributed by atoms with van der Waals surface area (Å²) in [5.41, 5.74) is 1.43. The molecule has 0 aliphatic carbocycles. The minimum absolute atomic E-state index is 0.333. The Labute approximate surface area is 178 Å². The van der Waals surface area contributed by atoms with Crippen LogP contribution in [0.3, 0.4) is 0 Å². The van der Waals surface area contributed by atoms with E-state index in [0.29, 0.717) is 43.2 Å². The number of aliphatic hydroxyl groups is 1. The average Bonchev–Trinajstić information content (AvgIpc) is 2.69. The van der Waals surface area contributed by atoms with E-state index in [2.05, 4.69) is 26.1 Å². The molecule has 28 heavy (non-hydrogen) atoms. The van der Waals surface area contributed by atoms with Gasteiger partial charge in [-0.25, -0.2) is 4.79 Å². The van der Waals surface area contributed by atoms with Crippen molar-refractivity contribution >= 4 is 44.9 Å². The van der Waals surface area contributed by atoms with Gasteiger partial charge < -0.3 is 20.1 Å². The molecular formula is C21H23BrN2O3S. The van der Waals surface area contributed by atoms with Crippen LogP contribution in [0.2, 0.25) is 0 Å². The zero-order valence-corrected chi connectivity index (χ0v) is 18.1. The normalized spacial score (nSPS) is 15.8. The number of nitrogens with zero attached hydrogens (tertiary/aromatic N) is 1. The Morgan fingerprint density at radius 2 is 1.79 bits per heavy atom. The third-order valence-corrected chi connectivity index (χ3v) is 5.80. The summed E-state index contributed by atoms with van der Waals surface area (Å²) in [6.45, 7) is 3.46. The second-order valence-electron chi connectivity index (χ2n) is 6.75. The molecule has 1 aliphatic rings. The van der Waals surface area contributed by atoms with Gasteiger partial charge >= 0.3 is 5.97 Å². The number of carbonyl (C=O) groups excluding carboxylic acids is 1. The van der Waals surface area contributed by atoms with E-state index in [1.54, 1.807) is 31.2 Å². The first kappa shape index (κ1) is 20.8. The number of esters is 1. The average molecular weight is 463 g/mol. The molecule has 0 radical (unpaired) electrons. The molecule has 2 aromatic carbocycles. The van der Waals surface area contributed by atoms with Crippen LogP contribution < -0.4 is 5.32 Å². The fraction of sp³-hybridized carbons (Fsp3) is 0.333. The van der Waals surface area contributed by atoms with Crippen LogP contribution in [0.4, 0.5) is 5.69 Å². The second-order valence-corrected chi connectivity index (χ2v) is 8.06. The summed E-state index contributed by atoms with van der Waals surface area (Å²) in [5, 5.41) is 14.8. The lowest BCUT2D eigenvalue weighted by molar-refractivity contribution is -0.0117. The minimum Gasteiger partial charge on any atom is -0.462 e. The van der Waals surface area contributed by atoms with E-state index in [4.69, 9.17) is 17.0 Å². The molecule has 0 bridgehead atoms. The molecule has 0 aromatic heterocycles. The van der Waals surface area contributed by atoms with Crippen LogP contribution in [-0.4, -0.2) is 40.8 Å². The highest BCUT2D eigenvalue weighted by Crippen LogP contribution is 2.33. The number of piperidine rings is 1. The predicted molar refractivity (Wildman–Crippen MR) is 117 cm³/mol. The maximum absolute atomic E-state index is 11.7. The van der Waals surface area contributed by atoms with Crippen LogP contribution >= 0.6 is 28.1 Å². The van der Waals surface area contributed by atoms with Crippen LogP contribution in [-0.2, 0) is 10.3 Å². The molecule has 1 saturated heterocycles. The van der Waals surface area contributed by atoms with Gasteiger partial charge in [0, 0.05) is 23.2 Å². The van der Waals surface area contributed by atoms with Gasteiger partial charge in [-0.2, -0.15) is 0 Å². The SMILES string of the molecule is CCOC(=O)c1ccc(NC(=S)N2CCC(O)(c3ccc(Br)cc3)CC2)cc1. The van der Waals surface area contributed by atoms with Crippen LogP contribution in [0.15, 0.2) is 53.0 Å². The topological polar surface area (TPSA) is 61.8 Å². The Morgan fingerprint density at radius 1 is 1.18 bits per heavy atom. The standard InChI is InChI=1S/C21H23BrN2O3S/c1-2-27-19(25)15-3-9-18(10-4-15)23-20(28)24-13-11-21(26,12-14-24)16-5-7-17(22)8-6-16/h3-10,26H,2,11-14H2,1H3,(H,23,28). The Balaban J connectivity index is 1.56. The number of nitrogens with one attached hydrogen (secondary N) is 1. The van der Waals surface area contributed by atoms with Gasteiger partial charge in [-0.05, 0) is 73.9 Å². The highest BCUT2D eigenvalue weighted by Gasteiger charge is 2.34. The van der Waals surface area contributed by atoms with E-state index < -0.39 is 5.60 Å². The van der Waals surface area contributed by atoms with Gasteiger partial charge in [-0.1, -0.05) is 28.1 Å².